The summed E-state index contributed by atoms with van der Waals surface area (Å²) in [5.41, 5.74) is 3.35. The van der Waals surface area contributed by atoms with Gasteiger partial charge in [0.25, 0.3) is 0 Å². The highest BCUT2D eigenvalue weighted by molar-refractivity contribution is 5.82. The van der Waals surface area contributed by atoms with Crippen LogP contribution < -0.4 is 0 Å². The van der Waals surface area contributed by atoms with Crippen LogP contribution in [0, 0.1) is 6.42 Å². The van der Waals surface area contributed by atoms with E-state index in [2.05, 4.69) is 36.8 Å². The molecule has 0 saturated carbocycles. The molecular weight excluding hydrogens is 220 g/mol. The molecule has 1 heterocycles. The molecule has 0 fully saturated rings. The van der Waals surface area contributed by atoms with E-state index < -0.39 is 0 Å². The molecule has 0 aliphatic carbocycles. The number of aryl methyl sites for hydroxylation is 1. The van der Waals surface area contributed by atoms with E-state index in [-0.39, 0.29) is 0 Å². The van der Waals surface area contributed by atoms with Crippen LogP contribution in [0.5, 0.6) is 0 Å². The Kier molecular flexibility index (Phi) is 3.14. The molecule has 0 amide bonds. The van der Waals surface area contributed by atoms with E-state index in [4.69, 9.17) is 4.42 Å². The maximum Gasteiger partial charge on any atom is 0.134 e. The molecular formula is C17H14O. The largest absolute Gasteiger partial charge is 0.464 e. The second kappa shape index (κ2) is 5.09. The summed E-state index contributed by atoms with van der Waals surface area (Å²) in [6, 6.07) is 18.6. The summed E-state index contributed by atoms with van der Waals surface area (Å²) < 4.78 is 5.49. The summed E-state index contributed by atoms with van der Waals surface area (Å²) in [6.45, 7) is 0. The lowest BCUT2D eigenvalue weighted by Crippen LogP contribution is -1.86. The third kappa shape index (κ3) is 2.30. The monoisotopic (exact) mass is 234 g/mol. The fourth-order valence-corrected chi connectivity index (χ4v) is 2.10. The first-order valence-electron chi connectivity index (χ1n) is 6.17. The highest BCUT2D eigenvalue weighted by Crippen LogP contribution is 2.23. The molecule has 0 bridgehead atoms. The van der Waals surface area contributed by atoms with Crippen molar-refractivity contribution in [1.29, 1.82) is 0 Å². The Morgan fingerprint density at radius 3 is 2.56 bits per heavy atom. The number of fused-ring (bicyclic) bond motifs is 1. The molecule has 18 heavy (non-hydrogen) atoms. The van der Waals surface area contributed by atoms with Crippen molar-refractivity contribution in [3.05, 3.63) is 78.4 Å². The second-order valence-corrected chi connectivity index (χ2v) is 4.31. The van der Waals surface area contributed by atoms with Crippen LogP contribution in [0.4, 0.5) is 0 Å². The van der Waals surface area contributed by atoms with Crippen molar-refractivity contribution < 1.29 is 4.42 Å². The van der Waals surface area contributed by atoms with E-state index in [1.165, 1.54) is 5.56 Å². The number of furan rings is 1. The number of hydrogen-bond donors (Lipinski definition) is 0. The van der Waals surface area contributed by atoms with E-state index in [1.807, 2.05) is 24.3 Å². The van der Waals surface area contributed by atoms with Gasteiger partial charge < -0.3 is 4.42 Å². The van der Waals surface area contributed by atoms with E-state index in [0.29, 0.717) is 0 Å². The average molecular weight is 234 g/mol. The van der Waals surface area contributed by atoms with E-state index in [1.54, 1.807) is 6.26 Å². The first-order valence-corrected chi connectivity index (χ1v) is 6.17. The van der Waals surface area contributed by atoms with Crippen LogP contribution in [0.3, 0.4) is 0 Å². The Bertz CT molecular complexity index is 622. The Morgan fingerprint density at radius 2 is 1.67 bits per heavy atom. The second-order valence-electron chi connectivity index (χ2n) is 4.31. The van der Waals surface area contributed by atoms with Crippen molar-refractivity contribution in [1.82, 2.24) is 0 Å². The minimum absolute atomic E-state index is 0.910. The van der Waals surface area contributed by atoms with Gasteiger partial charge in [0.1, 0.15) is 5.58 Å². The maximum absolute atomic E-state index is 5.49. The van der Waals surface area contributed by atoms with Gasteiger partial charge in [0.15, 0.2) is 0 Å². The van der Waals surface area contributed by atoms with Crippen LogP contribution in [-0.2, 0) is 6.42 Å². The zero-order valence-corrected chi connectivity index (χ0v) is 10.1. The van der Waals surface area contributed by atoms with Crippen LogP contribution in [0.2, 0.25) is 0 Å². The zero-order chi connectivity index (χ0) is 12.2. The topological polar surface area (TPSA) is 13.1 Å². The summed E-state index contributed by atoms with van der Waals surface area (Å²) in [5.74, 6) is 0. The molecule has 2 aromatic carbocycles. The molecule has 1 aromatic heterocycles. The fraction of sp³-hybridized carbons (Fsp3) is 0.118. The molecule has 0 atom stereocenters. The third-order valence-corrected chi connectivity index (χ3v) is 3.05. The van der Waals surface area contributed by atoms with E-state index in [0.717, 1.165) is 29.4 Å². The predicted octanol–water partition coefficient (Wildman–Crippen LogP) is 4.49. The molecule has 2 radical (unpaired) electrons. The summed E-state index contributed by atoms with van der Waals surface area (Å²) in [6.07, 6.45) is 7.13. The van der Waals surface area contributed by atoms with Crippen molar-refractivity contribution in [2.45, 2.75) is 12.8 Å². The Balaban J connectivity index is 1.67. The highest BCUT2D eigenvalue weighted by Gasteiger charge is 2.05. The average Bonchev–Trinajstić information content (AvgIpc) is 2.84. The summed E-state index contributed by atoms with van der Waals surface area (Å²) >= 11 is 0. The molecule has 1 nitrogen and oxygen atoms in total. The van der Waals surface area contributed by atoms with Gasteiger partial charge in [-0.2, -0.15) is 0 Å². The van der Waals surface area contributed by atoms with Gasteiger partial charge in [-0.15, -0.1) is 0 Å². The molecule has 0 unspecified atom stereocenters. The van der Waals surface area contributed by atoms with Gasteiger partial charge in [-0.25, -0.2) is 0 Å². The normalized spacial score (nSPS) is 10.9. The van der Waals surface area contributed by atoms with Gasteiger partial charge in [-0.05, 0) is 24.5 Å². The smallest absolute Gasteiger partial charge is 0.134 e. The minimum atomic E-state index is 0.910. The van der Waals surface area contributed by atoms with Crippen LogP contribution in [0.1, 0.15) is 17.5 Å². The molecule has 0 aliphatic rings. The predicted molar refractivity (Wildman–Crippen MR) is 73.3 cm³/mol. The fourth-order valence-electron chi connectivity index (χ4n) is 2.10. The van der Waals surface area contributed by atoms with Crippen molar-refractivity contribution in [3.63, 3.8) is 0 Å². The van der Waals surface area contributed by atoms with Crippen LogP contribution in [0.25, 0.3) is 11.0 Å². The lowest BCUT2D eigenvalue weighted by molar-refractivity contribution is 0.613. The molecule has 0 saturated heterocycles. The lowest BCUT2D eigenvalue weighted by atomic mass is 10.0. The van der Waals surface area contributed by atoms with Crippen molar-refractivity contribution in [3.8, 4) is 0 Å². The Hall–Kier alpha value is -2.02. The first-order chi connectivity index (χ1) is 8.93. The van der Waals surface area contributed by atoms with Gasteiger partial charge in [0.2, 0.25) is 0 Å². The standard InChI is InChI=1S/C17H14O/c1-2-7-14(8-3-1)9-6-10-15-13-18-17-12-5-4-11-16(15)17/h1-5,7-8,11-13H,6,9H2. The van der Waals surface area contributed by atoms with Gasteiger partial charge in [-0.3, -0.25) is 0 Å². The van der Waals surface area contributed by atoms with Crippen LogP contribution in [-0.4, -0.2) is 0 Å². The zero-order valence-electron chi connectivity index (χ0n) is 10.1. The lowest BCUT2D eigenvalue weighted by Gasteiger charge is -1.99. The van der Waals surface area contributed by atoms with Crippen molar-refractivity contribution in [2.75, 3.05) is 0 Å². The molecule has 3 aromatic rings. The van der Waals surface area contributed by atoms with Gasteiger partial charge in [-0.1, -0.05) is 48.5 Å². The number of benzene rings is 2. The number of para-hydroxylation sites is 1. The summed E-state index contributed by atoms with van der Waals surface area (Å²) in [7, 11) is 0. The molecule has 0 aliphatic heterocycles. The number of rotatable bonds is 4. The maximum atomic E-state index is 5.49. The molecule has 0 spiro atoms. The molecule has 0 N–H and O–H groups in total. The first kappa shape index (κ1) is 11.1. The Labute approximate surface area is 107 Å². The molecule has 88 valence electrons. The third-order valence-electron chi connectivity index (χ3n) is 3.05. The molecule has 1 heteroatoms. The van der Waals surface area contributed by atoms with Gasteiger partial charge in [0.05, 0.1) is 6.26 Å². The van der Waals surface area contributed by atoms with E-state index in [9.17, 15) is 0 Å². The van der Waals surface area contributed by atoms with Gasteiger partial charge >= 0.3 is 0 Å². The summed E-state index contributed by atoms with van der Waals surface area (Å²) in [4.78, 5) is 0. The SMILES string of the molecule is [C](CCc1ccccc1)c1coc2ccccc12. The Morgan fingerprint density at radius 1 is 0.889 bits per heavy atom. The van der Waals surface area contributed by atoms with E-state index >= 15 is 0 Å². The van der Waals surface area contributed by atoms with Crippen molar-refractivity contribution in [2.24, 2.45) is 0 Å². The van der Waals surface area contributed by atoms with Crippen LogP contribution in [0.15, 0.2) is 65.3 Å². The highest BCUT2D eigenvalue weighted by atomic mass is 16.3. The van der Waals surface area contributed by atoms with Crippen molar-refractivity contribution >= 4 is 11.0 Å². The number of hydrogen-bond acceptors (Lipinski definition) is 1. The van der Waals surface area contributed by atoms with Gasteiger partial charge in [0, 0.05) is 17.4 Å². The molecule has 3 rings (SSSR count). The summed E-state index contributed by atoms with van der Waals surface area (Å²) in [5, 5.41) is 1.14. The minimum Gasteiger partial charge on any atom is -0.464 e. The quantitative estimate of drug-likeness (QED) is 0.648. The van der Waals surface area contributed by atoms with Crippen LogP contribution >= 0.6 is 0 Å².